The number of nitrogens with two attached hydrogens (primary N) is 1. The zero-order valence-electron chi connectivity index (χ0n) is 11.3. The molecule has 0 bridgehead atoms. The van der Waals surface area contributed by atoms with Crippen LogP contribution in [0.5, 0.6) is 5.75 Å². The summed E-state index contributed by atoms with van der Waals surface area (Å²) in [7, 11) is 0. The van der Waals surface area contributed by atoms with Crippen LogP contribution in [0.2, 0.25) is 0 Å². The SMILES string of the molecule is Cc1cc(OCc2cc(C(=O)NN)ccc2F)ccc1Br. The highest BCUT2D eigenvalue weighted by Crippen LogP contribution is 2.22. The van der Waals surface area contributed by atoms with Gasteiger partial charge < -0.3 is 4.74 Å². The second-order valence-corrected chi connectivity index (χ2v) is 5.33. The van der Waals surface area contributed by atoms with Crippen LogP contribution in [-0.4, -0.2) is 5.91 Å². The van der Waals surface area contributed by atoms with Gasteiger partial charge in [-0.2, -0.15) is 0 Å². The fourth-order valence-electron chi connectivity index (χ4n) is 1.78. The van der Waals surface area contributed by atoms with Crippen molar-refractivity contribution in [1.82, 2.24) is 5.43 Å². The number of amides is 1. The van der Waals surface area contributed by atoms with E-state index < -0.39 is 11.7 Å². The first-order chi connectivity index (χ1) is 10.0. The van der Waals surface area contributed by atoms with Crippen molar-refractivity contribution in [2.75, 3.05) is 0 Å². The van der Waals surface area contributed by atoms with Gasteiger partial charge >= 0.3 is 0 Å². The van der Waals surface area contributed by atoms with Gasteiger partial charge in [-0.15, -0.1) is 0 Å². The van der Waals surface area contributed by atoms with E-state index in [0.29, 0.717) is 5.75 Å². The summed E-state index contributed by atoms with van der Waals surface area (Å²) in [6.45, 7) is 1.96. The molecular formula is C15H14BrFN2O2. The lowest BCUT2D eigenvalue weighted by Gasteiger charge is -2.10. The van der Waals surface area contributed by atoms with E-state index in [9.17, 15) is 9.18 Å². The first-order valence-electron chi connectivity index (χ1n) is 6.19. The number of hydrogen-bond donors (Lipinski definition) is 2. The zero-order valence-corrected chi connectivity index (χ0v) is 12.9. The van der Waals surface area contributed by atoms with Crippen LogP contribution in [0.3, 0.4) is 0 Å². The molecule has 0 saturated carbocycles. The van der Waals surface area contributed by atoms with Gasteiger partial charge in [0.2, 0.25) is 0 Å². The summed E-state index contributed by atoms with van der Waals surface area (Å²) < 4.78 is 20.3. The minimum Gasteiger partial charge on any atom is -0.489 e. The summed E-state index contributed by atoms with van der Waals surface area (Å²) in [6.07, 6.45) is 0. The third kappa shape index (κ3) is 3.80. The lowest BCUT2D eigenvalue weighted by Crippen LogP contribution is -2.30. The van der Waals surface area contributed by atoms with Crippen molar-refractivity contribution in [3.63, 3.8) is 0 Å². The number of hydrogen-bond acceptors (Lipinski definition) is 3. The third-order valence-electron chi connectivity index (χ3n) is 2.96. The molecule has 0 radical (unpaired) electrons. The zero-order chi connectivity index (χ0) is 15.4. The molecule has 21 heavy (non-hydrogen) atoms. The summed E-state index contributed by atoms with van der Waals surface area (Å²) in [5, 5.41) is 0. The molecule has 0 fully saturated rings. The Morgan fingerprint density at radius 3 is 2.76 bits per heavy atom. The summed E-state index contributed by atoms with van der Waals surface area (Å²) in [6, 6.07) is 9.49. The Hall–Kier alpha value is -1.92. The molecule has 0 aliphatic rings. The Morgan fingerprint density at radius 2 is 2.10 bits per heavy atom. The number of benzene rings is 2. The molecule has 110 valence electrons. The van der Waals surface area contributed by atoms with Gasteiger partial charge in [0.25, 0.3) is 5.91 Å². The number of carbonyl (C=O) groups excluding carboxylic acids is 1. The third-order valence-corrected chi connectivity index (χ3v) is 3.85. The van der Waals surface area contributed by atoms with Crippen LogP contribution in [0, 0.1) is 12.7 Å². The van der Waals surface area contributed by atoms with Crippen molar-refractivity contribution in [3.05, 3.63) is 63.4 Å². The molecular weight excluding hydrogens is 339 g/mol. The van der Waals surface area contributed by atoms with Crippen molar-refractivity contribution < 1.29 is 13.9 Å². The molecule has 0 aliphatic heterocycles. The van der Waals surface area contributed by atoms with Crippen LogP contribution in [0.15, 0.2) is 40.9 Å². The molecule has 4 nitrogen and oxygen atoms in total. The van der Waals surface area contributed by atoms with Crippen molar-refractivity contribution in [2.45, 2.75) is 13.5 Å². The molecule has 0 spiro atoms. The minimum atomic E-state index is -0.476. The molecule has 0 atom stereocenters. The first-order valence-corrected chi connectivity index (χ1v) is 6.99. The number of halogens is 2. The Kier molecular flexibility index (Phi) is 4.93. The molecule has 2 aromatic carbocycles. The maximum Gasteiger partial charge on any atom is 0.265 e. The summed E-state index contributed by atoms with van der Waals surface area (Å²) in [5.41, 5.74) is 3.60. The van der Waals surface area contributed by atoms with Gasteiger partial charge in [0, 0.05) is 15.6 Å². The summed E-state index contributed by atoms with van der Waals surface area (Å²) >= 11 is 3.40. The highest BCUT2D eigenvalue weighted by molar-refractivity contribution is 9.10. The van der Waals surface area contributed by atoms with Crippen LogP contribution >= 0.6 is 15.9 Å². The molecule has 0 aliphatic carbocycles. The maximum atomic E-state index is 13.7. The van der Waals surface area contributed by atoms with Crippen molar-refractivity contribution in [2.24, 2.45) is 5.84 Å². The fourth-order valence-corrected chi connectivity index (χ4v) is 2.02. The molecule has 2 aromatic rings. The van der Waals surface area contributed by atoms with Gasteiger partial charge in [0.1, 0.15) is 18.2 Å². The normalized spacial score (nSPS) is 10.3. The van der Waals surface area contributed by atoms with Crippen molar-refractivity contribution in [1.29, 1.82) is 0 Å². The van der Waals surface area contributed by atoms with Gasteiger partial charge in [0.05, 0.1) is 0 Å². The summed E-state index contributed by atoms with van der Waals surface area (Å²) in [5.74, 6) is 4.78. The molecule has 0 heterocycles. The topological polar surface area (TPSA) is 64.3 Å². The predicted molar refractivity (Wildman–Crippen MR) is 81.3 cm³/mol. The number of rotatable bonds is 4. The van der Waals surface area contributed by atoms with E-state index in [0.717, 1.165) is 10.0 Å². The quantitative estimate of drug-likeness (QED) is 0.504. The van der Waals surface area contributed by atoms with E-state index in [1.165, 1.54) is 18.2 Å². The monoisotopic (exact) mass is 352 g/mol. The molecule has 2 rings (SSSR count). The van der Waals surface area contributed by atoms with Gasteiger partial charge in [-0.25, -0.2) is 10.2 Å². The van der Waals surface area contributed by atoms with Gasteiger partial charge in [-0.3, -0.25) is 10.2 Å². The van der Waals surface area contributed by atoms with Crippen LogP contribution in [0.4, 0.5) is 4.39 Å². The molecule has 3 N–H and O–H groups in total. The lowest BCUT2D eigenvalue weighted by atomic mass is 10.1. The molecule has 6 heteroatoms. The number of hydrazine groups is 1. The lowest BCUT2D eigenvalue weighted by molar-refractivity contribution is 0.0953. The largest absolute Gasteiger partial charge is 0.489 e. The maximum absolute atomic E-state index is 13.7. The first kappa shape index (κ1) is 15.5. The number of carbonyl (C=O) groups is 1. The van der Waals surface area contributed by atoms with E-state index >= 15 is 0 Å². The second kappa shape index (κ2) is 6.69. The Morgan fingerprint density at radius 1 is 1.33 bits per heavy atom. The average Bonchev–Trinajstić information content (AvgIpc) is 2.49. The van der Waals surface area contributed by atoms with E-state index in [4.69, 9.17) is 10.6 Å². The van der Waals surface area contributed by atoms with E-state index in [1.54, 1.807) is 6.07 Å². The van der Waals surface area contributed by atoms with Crippen LogP contribution < -0.4 is 16.0 Å². The molecule has 0 unspecified atom stereocenters. The Balaban J connectivity index is 2.15. The van der Waals surface area contributed by atoms with E-state index in [2.05, 4.69) is 15.9 Å². The number of nitrogens with one attached hydrogen (secondary N) is 1. The molecule has 1 amide bonds. The number of nitrogen functional groups attached to an aromatic ring is 1. The van der Waals surface area contributed by atoms with Crippen LogP contribution in [0.1, 0.15) is 21.5 Å². The number of ether oxygens (including phenoxy) is 1. The van der Waals surface area contributed by atoms with Crippen LogP contribution in [-0.2, 0) is 6.61 Å². The predicted octanol–water partition coefficient (Wildman–Crippen LogP) is 3.08. The van der Waals surface area contributed by atoms with Gasteiger partial charge in [-0.05, 0) is 48.9 Å². The highest BCUT2D eigenvalue weighted by Gasteiger charge is 2.09. The van der Waals surface area contributed by atoms with E-state index in [1.807, 2.05) is 24.5 Å². The van der Waals surface area contributed by atoms with E-state index in [-0.39, 0.29) is 17.7 Å². The molecule has 0 aromatic heterocycles. The fraction of sp³-hybridized carbons (Fsp3) is 0.133. The Labute approximate surface area is 130 Å². The highest BCUT2D eigenvalue weighted by atomic mass is 79.9. The van der Waals surface area contributed by atoms with Crippen LogP contribution in [0.25, 0.3) is 0 Å². The van der Waals surface area contributed by atoms with Gasteiger partial charge in [-0.1, -0.05) is 15.9 Å². The van der Waals surface area contributed by atoms with Crippen molar-refractivity contribution in [3.8, 4) is 5.75 Å². The summed E-state index contributed by atoms with van der Waals surface area (Å²) in [4.78, 5) is 11.4. The second-order valence-electron chi connectivity index (χ2n) is 4.48. The minimum absolute atomic E-state index is 0.0264. The molecule has 0 saturated heterocycles. The smallest absolute Gasteiger partial charge is 0.265 e. The number of aryl methyl sites for hydroxylation is 1. The standard InChI is InChI=1S/C15H14BrFN2O2/c1-9-6-12(3-4-13(9)16)21-8-11-7-10(15(20)19-18)2-5-14(11)17/h2-7H,8,18H2,1H3,(H,19,20). The average molecular weight is 353 g/mol. The Bertz CT molecular complexity index is 677. The van der Waals surface area contributed by atoms with Crippen molar-refractivity contribution >= 4 is 21.8 Å². The van der Waals surface area contributed by atoms with Gasteiger partial charge in [0.15, 0.2) is 0 Å².